The fourth-order valence-corrected chi connectivity index (χ4v) is 4.48. The Kier molecular flexibility index (Phi) is 6.06. The molecule has 1 saturated heterocycles. The molecule has 0 amide bonds. The Morgan fingerprint density at radius 1 is 1.00 bits per heavy atom. The first-order valence-electron chi connectivity index (χ1n) is 10.4. The summed E-state index contributed by atoms with van der Waals surface area (Å²) in [6.45, 7) is 3.44. The van der Waals surface area contributed by atoms with Gasteiger partial charge < -0.3 is 9.88 Å². The number of rotatable bonds is 7. The number of aromatic amines is 1. The topological polar surface area (TPSA) is 19.0 Å². The van der Waals surface area contributed by atoms with E-state index in [9.17, 15) is 8.78 Å². The molecule has 1 fully saturated rings. The summed E-state index contributed by atoms with van der Waals surface area (Å²) in [5.41, 5.74) is 3.46. The highest BCUT2D eigenvalue weighted by Gasteiger charge is 2.19. The first-order chi connectivity index (χ1) is 13.7. The Bertz CT molecular complexity index is 901. The van der Waals surface area contributed by atoms with Crippen molar-refractivity contribution in [1.29, 1.82) is 0 Å². The zero-order valence-corrected chi connectivity index (χ0v) is 16.3. The maximum atomic E-state index is 13.5. The zero-order chi connectivity index (χ0) is 19.3. The molecule has 2 aromatic carbocycles. The van der Waals surface area contributed by atoms with E-state index < -0.39 is 0 Å². The van der Waals surface area contributed by atoms with E-state index in [2.05, 4.69) is 9.88 Å². The lowest BCUT2D eigenvalue weighted by Crippen LogP contribution is -2.36. The van der Waals surface area contributed by atoms with Gasteiger partial charge in [0.2, 0.25) is 0 Å². The largest absolute Gasteiger partial charge is 0.361 e. The average Bonchev–Trinajstić information content (AvgIpc) is 3.09. The van der Waals surface area contributed by atoms with Gasteiger partial charge in [-0.2, -0.15) is 0 Å². The molecule has 0 spiro atoms. The van der Waals surface area contributed by atoms with Gasteiger partial charge in [-0.25, -0.2) is 8.78 Å². The van der Waals surface area contributed by atoms with Crippen LogP contribution in [0.2, 0.25) is 0 Å². The number of hydrogen-bond acceptors (Lipinski definition) is 1. The highest BCUT2D eigenvalue weighted by atomic mass is 19.1. The number of aryl methyl sites for hydroxylation is 1. The van der Waals surface area contributed by atoms with Gasteiger partial charge in [0.1, 0.15) is 11.6 Å². The van der Waals surface area contributed by atoms with Crippen LogP contribution in [-0.2, 0) is 12.8 Å². The van der Waals surface area contributed by atoms with Crippen molar-refractivity contribution in [3.05, 3.63) is 71.4 Å². The van der Waals surface area contributed by atoms with E-state index in [4.69, 9.17) is 0 Å². The molecule has 148 valence electrons. The van der Waals surface area contributed by atoms with Crippen molar-refractivity contribution >= 4 is 10.9 Å². The van der Waals surface area contributed by atoms with Crippen LogP contribution < -0.4 is 0 Å². The van der Waals surface area contributed by atoms with Gasteiger partial charge in [0.15, 0.2) is 0 Å². The fraction of sp³-hybridized carbons (Fsp3) is 0.417. The maximum absolute atomic E-state index is 13.5. The molecule has 28 heavy (non-hydrogen) atoms. The molecule has 1 unspecified atom stereocenters. The number of unbranched alkanes of at least 4 members (excludes halogenated alkanes) is 1. The van der Waals surface area contributed by atoms with E-state index in [0.717, 1.165) is 49.7 Å². The Labute approximate surface area is 165 Å². The van der Waals surface area contributed by atoms with Gasteiger partial charge in [0.05, 0.1) is 0 Å². The van der Waals surface area contributed by atoms with E-state index in [0.29, 0.717) is 5.92 Å². The van der Waals surface area contributed by atoms with E-state index in [-0.39, 0.29) is 11.6 Å². The lowest BCUT2D eigenvalue weighted by atomic mass is 9.91. The Hall–Kier alpha value is -2.20. The normalized spacial score (nSPS) is 18.0. The lowest BCUT2D eigenvalue weighted by Gasteiger charge is -2.32. The fourth-order valence-electron chi connectivity index (χ4n) is 4.48. The number of fused-ring (bicyclic) bond motifs is 1. The predicted molar refractivity (Wildman–Crippen MR) is 110 cm³/mol. The third-order valence-corrected chi connectivity index (χ3v) is 5.94. The van der Waals surface area contributed by atoms with Gasteiger partial charge in [0.25, 0.3) is 0 Å². The summed E-state index contributed by atoms with van der Waals surface area (Å²) in [5, 5.41) is 1.01. The molecule has 0 saturated carbocycles. The zero-order valence-electron chi connectivity index (χ0n) is 16.3. The molecule has 1 aromatic heterocycles. The van der Waals surface area contributed by atoms with Crippen LogP contribution in [0.25, 0.3) is 10.9 Å². The molecule has 3 aromatic rings. The molecule has 0 aliphatic carbocycles. The molecule has 1 aliphatic heterocycles. The predicted octanol–water partition coefficient (Wildman–Crippen LogP) is 5.72. The highest BCUT2D eigenvalue weighted by molar-refractivity contribution is 5.83. The van der Waals surface area contributed by atoms with Crippen molar-refractivity contribution in [3.63, 3.8) is 0 Å². The lowest BCUT2D eigenvalue weighted by molar-refractivity contribution is 0.171. The number of halogens is 2. The molecule has 1 atom stereocenters. The Balaban J connectivity index is 1.23. The van der Waals surface area contributed by atoms with Crippen LogP contribution in [0.15, 0.2) is 48.7 Å². The number of piperidine rings is 1. The number of hydrogen-bond donors (Lipinski definition) is 1. The van der Waals surface area contributed by atoms with E-state index in [1.54, 1.807) is 18.2 Å². The van der Waals surface area contributed by atoms with E-state index in [1.807, 2.05) is 24.4 Å². The first-order valence-corrected chi connectivity index (χ1v) is 10.4. The summed E-state index contributed by atoms with van der Waals surface area (Å²) < 4.78 is 26.6. The van der Waals surface area contributed by atoms with E-state index >= 15 is 0 Å². The summed E-state index contributed by atoms with van der Waals surface area (Å²) in [6, 6.07) is 11.9. The molecule has 4 rings (SSSR count). The quantitative estimate of drug-likeness (QED) is 0.518. The molecular weight excluding hydrogens is 354 g/mol. The third-order valence-electron chi connectivity index (χ3n) is 5.94. The Morgan fingerprint density at radius 2 is 1.82 bits per heavy atom. The maximum Gasteiger partial charge on any atom is 0.123 e. The van der Waals surface area contributed by atoms with Crippen LogP contribution in [0, 0.1) is 17.6 Å². The number of nitrogens with zero attached hydrogens (tertiary/aromatic N) is 1. The Morgan fingerprint density at radius 3 is 2.68 bits per heavy atom. The smallest absolute Gasteiger partial charge is 0.123 e. The van der Waals surface area contributed by atoms with Crippen molar-refractivity contribution in [2.45, 2.75) is 38.5 Å². The van der Waals surface area contributed by atoms with Crippen molar-refractivity contribution in [3.8, 4) is 0 Å². The van der Waals surface area contributed by atoms with Gasteiger partial charge in [-0.05, 0) is 99.0 Å². The van der Waals surface area contributed by atoms with Crippen LogP contribution >= 0.6 is 0 Å². The second-order valence-electron chi connectivity index (χ2n) is 8.10. The van der Waals surface area contributed by atoms with Crippen LogP contribution in [0.1, 0.15) is 36.8 Å². The van der Waals surface area contributed by atoms with Gasteiger partial charge in [-0.3, -0.25) is 0 Å². The van der Waals surface area contributed by atoms with E-state index in [1.165, 1.54) is 36.6 Å². The van der Waals surface area contributed by atoms with Crippen LogP contribution in [0.4, 0.5) is 8.78 Å². The summed E-state index contributed by atoms with van der Waals surface area (Å²) in [4.78, 5) is 5.81. The standard InChI is InChI=1S/C24H28F2N2/c25-21-8-6-18(7-9-21)14-19-4-3-13-28(17-19)12-2-1-5-20-16-27-24-11-10-22(26)15-23(20)24/h6-11,15-16,19,27H,1-5,12-14,17H2. The molecule has 1 aliphatic rings. The SMILES string of the molecule is Fc1ccc(CC2CCCN(CCCCc3c[nH]c4ccc(F)cc34)C2)cc1. The minimum Gasteiger partial charge on any atom is -0.361 e. The minimum atomic E-state index is -0.172. The highest BCUT2D eigenvalue weighted by Crippen LogP contribution is 2.23. The first kappa shape index (κ1) is 19.1. The number of H-pyrrole nitrogens is 1. The molecule has 0 radical (unpaired) electrons. The van der Waals surface area contributed by atoms with Crippen LogP contribution in [-0.4, -0.2) is 29.5 Å². The summed E-state index contributed by atoms with van der Waals surface area (Å²) in [5.74, 6) is 0.330. The summed E-state index contributed by atoms with van der Waals surface area (Å²) in [7, 11) is 0. The monoisotopic (exact) mass is 382 g/mol. The third kappa shape index (κ3) is 4.79. The molecule has 1 N–H and O–H groups in total. The molecule has 2 nitrogen and oxygen atoms in total. The van der Waals surface area contributed by atoms with Crippen molar-refractivity contribution < 1.29 is 8.78 Å². The summed E-state index contributed by atoms with van der Waals surface area (Å²) >= 11 is 0. The van der Waals surface area contributed by atoms with Crippen LogP contribution in [0.5, 0.6) is 0 Å². The van der Waals surface area contributed by atoms with Crippen LogP contribution in [0.3, 0.4) is 0 Å². The molecule has 0 bridgehead atoms. The van der Waals surface area contributed by atoms with Crippen molar-refractivity contribution in [1.82, 2.24) is 9.88 Å². The van der Waals surface area contributed by atoms with Gasteiger partial charge in [-0.15, -0.1) is 0 Å². The number of nitrogens with one attached hydrogen (secondary N) is 1. The average molecular weight is 382 g/mol. The second-order valence-corrected chi connectivity index (χ2v) is 8.10. The summed E-state index contributed by atoms with van der Waals surface area (Å²) in [6.07, 6.45) is 8.81. The second kappa shape index (κ2) is 8.87. The van der Waals surface area contributed by atoms with Gasteiger partial charge in [0, 0.05) is 23.6 Å². The van der Waals surface area contributed by atoms with Crippen molar-refractivity contribution in [2.75, 3.05) is 19.6 Å². The molecule has 4 heteroatoms. The van der Waals surface area contributed by atoms with Gasteiger partial charge in [-0.1, -0.05) is 12.1 Å². The number of likely N-dealkylation sites (tertiary alicyclic amines) is 1. The number of benzene rings is 2. The molecule has 2 heterocycles. The van der Waals surface area contributed by atoms with Crippen molar-refractivity contribution in [2.24, 2.45) is 5.92 Å². The minimum absolute atomic E-state index is 0.160. The van der Waals surface area contributed by atoms with Gasteiger partial charge >= 0.3 is 0 Å². The molecular formula is C24H28F2N2. The number of aromatic nitrogens is 1.